The zero-order valence-electron chi connectivity index (χ0n) is 6.86. The summed E-state index contributed by atoms with van der Waals surface area (Å²) in [6.07, 6.45) is 1.97. The molecule has 0 amide bonds. The van der Waals surface area contributed by atoms with Crippen molar-refractivity contribution in [1.29, 1.82) is 0 Å². The van der Waals surface area contributed by atoms with Gasteiger partial charge in [0.05, 0.1) is 6.10 Å². The molecule has 1 saturated carbocycles. The lowest BCUT2D eigenvalue weighted by atomic mass is 9.89. The van der Waals surface area contributed by atoms with Gasteiger partial charge in [-0.2, -0.15) is 0 Å². The molecule has 1 aliphatic rings. The third kappa shape index (κ3) is 1.68. The first-order chi connectivity index (χ1) is 5.86. The van der Waals surface area contributed by atoms with E-state index in [-0.39, 0.29) is 6.10 Å². The van der Waals surface area contributed by atoms with E-state index in [1.54, 1.807) is 11.3 Å². The van der Waals surface area contributed by atoms with Crippen molar-refractivity contribution in [1.82, 2.24) is 5.32 Å². The molecule has 0 aromatic carbocycles. The fourth-order valence-corrected chi connectivity index (χ4v) is 2.02. The van der Waals surface area contributed by atoms with Crippen LogP contribution in [0.3, 0.4) is 0 Å². The van der Waals surface area contributed by atoms with E-state index in [2.05, 4.69) is 22.8 Å². The van der Waals surface area contributed by atoms with Crippen LogP contribution in [0.2, 0.25) is 0 Å². The topological polar surface area (TPSA) is 32.3 Å². The SMILES string of the molecule is O[C@@H]1CC[C@H]1NCc1cccs1. The standard InChI is InChI=1S/C9H13NOS/c11-9-4-3-8(9)10-6-7-2-1-5-12-7/h1-2,5,8-11H,3-4,6H2/t8-,9-/m1/s1. The van der Waals surface area contributed by atoms with Crippen LogP contribution in [0.5, 0.6) is 0 Å². The predicted octanol–water partition coefficient (Wildman–Crippen LogP) is 1.36. The molecule has 0 spiro atoms. The number of hydrogen-bond donors (Lipinski definition) is 2. The zero-order valence-corrected chi connectivity index (χ0v) is 7.68. The van der Waals surface area contributed by atoms with Gasteiger partial charge in [0.25, 0.3) is 0 Å². The quantitative estimate of drug-likeness (QED) is 0.741. The van der Waals surface area contributed by atoms with Crippen LogP contribution >= 0.6 is 11.3 Å². The normalized spacial score (nSPS) is 28.4. The third-order valence-electron chi connectivity index (χ3n) is 2.36. The van der Waals surface area contributed by atoms with Crippen molar-refractivity contribution >= 4 is 11.3 Å². The summed E-state index contributed by atoms with van der Waals surface area (Å²) in [4.78, 5) is 1.34. The van der Waals surface area contributed by atoms with Crippen LogP contribution in [0.1, 0.15) is 17.7 Å². The highest BCUT2D eigenvalue weighted by molar-refractivity contribution is 7.09. The monoisotopic (exact) mass is 183 g/mol. The second-order valence-electron chi connectivity index (χ2n) is 3.21. The van der Waals surface area contributed by atoms with Crippen molar-refractivity contribution in [2.24, 2.45) is 0 Å². The predicted molar refractivity (Wildman–Crippen MR) is 50.2 cm³/mol. The second-order valence-corrected chi connectivity index (χ2v) is 4.24. The molecule has 0 unspecified atom stereocenters. The largest absolute Gasteiger partial charge is 0.392 e. The molecular weight excluding hydrogens is 170 g/mol. The number of aliphatic hydroxyl groups excluding tert-OH is 1. The van der Waals surface area contributed by atoms with Crippen LogP contribution in [0.25, 0.3) is 0 Å². The molecule has 1 aromatic rings. The molecule has 3 heteroatoms. The fraction of sp³-hybridized carbons (Fsp3) is 0.556. The van der Waals surface area contributed by atoms with E-state index in [9.17, 15) is 5.11 Å². The molecule has 0 radical (unpaired) electrons. The van der Waals surface area contributed by atoms with E-state index in [1.165, 1.54) is 4.88 Å². The Bertz CT molecular complexity index is 235. The summed E-state index contributed by atoms with van der Waals surface area (Å²) in [6.45, 7) is 0.902. The lowest BCUT2D eigenvalue weighted by molar-refractivity contribution is 0.0494. The van der Waals surface area contributed by atoms with Gasteiger partial charge in [0.15, 0.2) is 0 Å². The van der Waals surface area contributed by atoms with Crippen LogP contribution in [-0.2, 0) is 6.54 Å². The summed E-state index contributed by atoms with van der Waals surface area (Å²) in [5.74, 6) is 0. The van der Waals surface area contributed by atoms with E-state index in [1.807, 2.05) is 0 Å². The number of hydrogen-bond acceptors (Lipinski definition) is 3. The Morgan fingerprint density at radius 3 is 3.00 bits per heavy atom. The summed E-state index contributed by atoms with van der Waals surface area (Å²) in [5, 5.41) is 14.7. The molecule has 66 valence electrons. The molecule has 2 N–H and O–H groups in total. The lowest BCUT2D eigenvalue weighted by Crippen LogP contribution is -2.47. The summed E-state index contributed by atoms with van der Waals surface area (Å²) in [6, 6.07) is 4.51. The summed E-state index contributed by atoms with van der Waals surface area (Å²) >= 11 is 1.76. The Morgan fingerprint density at radius 1 is 1.58 bits per heavy atom. The molecule has 1 aromatic heterocycles. The van der Waals surface area contributed by atoms with E-state index in [0.29, 0.717) is 6.04 Å². The summed E-state index contributed by atoms with van der Waals surface area (Å²) in [7, 11) is 0. The molecule has 2 atom stereocenters. The molecule has 2 rings (SSSR count). The van der Waals surface area contributed by atoms with Gasteiger partial charge in [-0.25, -0.2) is 0 Å². The van der Waals surface area contributed by atoms with Crippen LogP contribution in [0.15, 0.2) is 17.5 Å². The highest BCUT2D eigenvalue weighted by atomic mass is 32.1. The van der Waals surface area contributed by atoms with E-state index in [4.69, 9.17) is 0 Å². The molecule has 1 aliphatic carbocycles. The van der Waals surface area contributed by atoms with Crippen molar-refractivity contribution in [3.63, 3.8) is 0 Å². The van der Waals surface area contributed by atoms with E-state index < -0.39 is 0 Å². The number of nitrogens with one attached hydrogen (secondary N) is 1. The van der Waals surface area contributed by atoms with Gasteiger partial charge in [-0.05, 0) is 24.3 Å². The van der Waals surface area contributed by atoms with Gasteiger partial charge in [0, 0.05) is 17.5 Å². The average Bonchev–Trinajstić information content (AvgIpc) is 2.54. The third-order valence-corrected chi connectivity index (χ3v) is 3.23. The van der Waals surface area contributed by atoms with Gasteiger partial charge in [-0.3, -0.25) is 0 Å². The molecular formula is C9H13NOS. The Morgan fingerprint density at radius 2 is 2.50 bits per heavy atom. The van der Waals surface area contributed by atoms with Crippen molar-refractivity contribution in [2.75, 3.05) is 0 Å². The van der Waals surface area contributed by atoms with Crippen LogP contribution in [-0.4, -0.2) is 17.3 Å². The molecule has 0 bridgehead atoms. The molecule has 0 saturated heterocycles. The maximum Gasteiger partial charge on any atom is 0.0693 e. The van der Waals surface area contributed by atoms with Gasteiger partial charge in [-0.15, -0.1) is 11.3 Å². The Hall–Kier alpha value is -0.380. The minimum atomic E-state index is -0.107. The first kappa shape index (κ1) is 8.23. The van der Waals surface area contributed by atoms with E-state index >= 15 is 0 Å². The van der Waals surface area contributed by atoms with Crippen molar-refractivity contribution in [2.45, 2.75) is 31.5 Å². The first-order valence-electron chi connectivity index (χ1n) is 4.30. The van der Waals surface area contributed by atoms with Crippen molar-refractivity contribution in [3.8, 4) is 0 Å². The van der Waals surface area contributed by atoms with Crippen molar-refractivity contribution in [3.05, 3.63) is 22.4 Å². The average molecular weight is 183 g/mol. The molecule has 12 heavy (non-hydrogen) atoms. The lowest BCUT2D eigenvalue weighted by Gasteiger charge is -2.33. The van der Waals surface area contributed by atoms with Crippen LogP contribution in [0, 0.1) is 0 Å². The minimum absolute atomic E-state index is 0.107. The number of rotatable bonds is 3. The van der Waals surface area contributed by atoms with Gasteiger partial charge >= 0.3 is 0 Å². The van der Waals surface area contributed by atoms with Gasteiger partial charge in [0.2, 0.25) is 0 Å². The maximum atomic E-state index is 9.28. The van der Waals surface area contributed by atoms with Crippen molar-refractivity contribution < 1.29 is 5.11 Å². The zero-order chi connectivity index (χ0) is 8.39. The fourth-order valence-electron chi connectivity index (χ4n) is 1.37. The second kappa shape index (κ2) is 3.56. The molecule has 0 aliphatic heterocycles. The van der Waals surface area contributed by atoms with Gasteiger partial charge in [-0.1, -0.05) is 6.07 Å². The van der Waals surface area contributed by atoms with Gasteiger partial charge < -0.3 is 10.4 Å². The number of aliphatic hydroxyl groups is 1. The summed E-state index contributed by atoms with van der Waals surface area (Å²) < 4.78 is 0. The van der Waals surface area contributed by atoms with Gasteiger partial charge in [0.1, 0.15) is 0 Å². The Labute approximate surface area is 76.2 Å². The Balaban J connectivity index is 1.75. The smallest absolute Gasteiger partial charge is 0.0693 e. The summed E-state index contributed by atoms with van der Waals surface area (Å²) in [5.41, 5.74) is 0. The Kier molecular flexibility index (Phi) is 2.44. The van der Waals surface area contributed by atoms with Crippen LogP contribution < -0.4 is 5.32 Å². The highest BCUT2D eigenvalue weighted by Gasteiger charge is 2.27. The molecule has 1 heterocycles. The highest BCUT2D eigenvalue weighted by Crippen LogP contribution is 2.20. The van der Waals surface area contributed by atoms with Crippen LogP contribution in [0.4, 0.5) is 0 Å². The number of thiophene rings is 1. The minimum Gasteiger partial charge on any atom is -0.392 e. The maximum absolute atomic E-state index is 9.28. The molecule has 2 nitrogen and oxygen atoms in total. The molecule has 1 fully saturated rings. The first-order valence-corrected chi connectivity index (χ1v) is 5.18. The van der Waals surface area contributed by atoms with E-state index in [0.717, 1.165) is 19.4 Å².